The molecule has 0 spiro atoms. The van der Waals surface area contributed by atoms with Crippen LogP contribution in [0.15, 0.2) is 30.3 Å². The van der Waals surface area contributed by atoms with Gasteiger partial charge >= 0.3 is 0 Å². The fourth-order valence-corrected chi connectivity index (χ4v) is 9.64. The summed E-state index contributed by atoms with van der Waals surface area (Å²) < 4.78 is 0. The van der Waals surface area contributed by atoms with Crippen LogP contribution in [0.3, 0.4) is 0 Å². The predicted octanol–water partition coefficient (Wildman–Crippen LogP) is 2.56. The normalized spacial score (nSPS) is 15.8. The van der Waals surface area contributed by atoms with Gasteiger partial charge in [0, 0.05) is 8.31 Å². The molecule has 0 heterocycles. The Morgan fingerprint density at radius 1 is 1.15 bits per heavy atom. The van der Waals surface area contributed by atoms with E-state index in [4.69, 9.17) is 0 Å². The standard InChI is InChI=1S/C11H20Si2/c1-5-13(4,12(2)3)11-9-7-6-8-10-11/h6-10,12H,5H2,1-4H3. The Kier molecular flexibility index (Phi) is 3.50. The van der Waals surface area contributed by atoms with Crippen molar-refractivity contribution in [1.82, 2.24) is 0 Å². The lowest BCUT2D eigenvalue weighted by Gasteiger charge is -2.30. The second-order valence-electron chi connectivity index (χ2n) is 4.29. The maximum atomic E-state index is 2.55. The third-order valence-electron chi connectivity index (χ3n) is 3.44. The molecule has 0 bridgehead atoms. The van der Waals surface area contributed by atoms with E-state index >= 15 is 0 Å². The molecule has 1 aromatic rings. The molecule has 1 rings (SSSR count). The van der Waals surface area contributed by atoms with Crippen molar-refractivity contribution in [2.24, 2.45) is 0 Å². The molecular formula is C11H20Si2. The zero-order valence-corrected chi connectivity index (χ0v) is 11.3. The summed E-state index contributed by atoms with van der Waals surface area (Å²) in [5.74, 6) is 0. The van der Waals surface area contributed by atoms with Crippen LogP contribution in [0.25, 0.3) is 0 Å². The smallest absolute Gasteiger partial charge is 0.0728 e. The molecule has 0 radical (unpaired) electrons. The second-order valence-corrected chi connectivity index (χ2v) is 18.0. The fraction of sp³-hybridized carbons (Fsp3) is 0.455. The topological polar surface area (TPSA) is 0 Å². The van der Waals surface area contributed by atoms with Crippen LogP contribution in [-0.2, 0) is 0 Å². The van der Waals surface area contributed by atoms with E-state index < -0.39 is 15.9 Å². The Morgan fingerprint density at radius 2 is 1.69 bits per heavy atom. The molecule has 0 saturated carbocycles. The number of benzene rings is 1. The molecule has 0 N–H and O–H groups in total. The highest BCUT2D eigenvalue weighted by molar-refractivity contribution is 7.37. The molecule has 0 aromatic heterocycles. The molecule has 0 aliphatic heterocycles. The van der Waals surface area contributed by atoms with Gasteiger partial charge in [-0.2, -0.15) is 0 Å². The van der Waals surface area contributed by atoms with Gasteiger partial charge in [0.2, 0.25) is 0 Å². The SMILES string of the molecule is CC[Si](C)(c1ccccc1)[SiH](C)C. The first-order chi connectivity index (χ1) is 6.11. The molecule has 0 aliphatic rings. The van der Waals surface area contributed by atoms with Crippen LogP contribution in [0.5, 0.6) is 0 Å². The first-order valence-corrected chi connectivity index (χ1v) is 12.0. The Hall–Kier alpha value is -0.346. The van der Waals surface area contributed by atoms with Crippen molar-refractivity contribution in [3.8, 4) is 0 Å². The fourth-order valence-electron chi connectivity index (χ4n) is 1.76. The van der Waals surface area contributed by atoms with Gasteiger partial charge in [-0.05, 0) is 0 Å². The average Bonchev–Trinajstić information content (AvgIpc) is 2.17. The van der Waals surface area contributed by atoms with E-state index in [0.29, 0.717) is 0 Å². The van der Waals surface area contributed by atoms with Crippen LogP contribution in [0.2, 0.25) is 25.7 Å². The molecule has 0 aliphatic carbocycles. The van der Waals surface area contributed by atoms with E-state index in [1.54, 1.807) is 5.19 Å². The van der Waals surface area contributed by atoms with E-state index in [1.807, 2.05) is 0 Å². The van der Waals surface area contributed by atoms with E-state index in [9.17, 15) is 0 Å². The summed E-state index contributed by atoms with van der Waals surface area (Å²) in [6.07, 6.45) is 0. The highest BCUT2D eigenvalue weighted by Crippen LogP contribution is 2.13. The Balaban J connectivity index is 3.03. The summed E-state index contributed by atoms with van der Waals surface area (Å²) in [6.45, 7) is 9.93. The van der Waals surface area contributed by atoms with Crippen LogP contribution < -0.4 is 5.19 Å². The molecule has 13 heavy (non-hydrogen) atoms. The zero-order valence-electron chi connectivity index (χ0n) is 9.17. The van der Waals surface area contributed by atoms with Gasteiger partial charge in [0.25, 0.3) is 0 Å². The van der Waals surface area contributed by atoms with Crippen molar-refractivity contribution in [3.05, 3.63) is 30.3 Å². The van der Waals surface area contributed by atoms with Crippen LogP contribution in [0.1, 0.15) is 6.92 Å². The minimum absolute atomic E-state index is 0.488. The van der Waals surface area contributed by atoms with Crippen LogP contribution in [-0.4, -0.2) is 15.9 Å². The third kappa shape index (κ3) is 2.12. The number of hydrogen-bond donors (Lipinski definition) is 0. The molecule has 72 valence electrons. The van der Waals surface area contributed by atoms with E-state index in [0.717, 1.165) is 0 Å². The molecule has 1 aromatic carbocycles. The monoisotopic (exact) mass is 208 g/mol. The van der Waals surface area contributed by atoms with Crippen LogP contribution >= 0.6 is 0 Å². The lowest BCUT2D eigenvalue weighted by atomic mass is 10.4. The quantitative estimate of drug-likeness (QED) is 0.670. The van der Waals surface area contributed by atoms with Crippen LogP contribution in [0, 0.1) is 0 Å². The van der Waals surface area contributed by atoms with Crippen molar-refractivity contribution in [2.45, 2.75) is 32.6 Å². The Bertz CT molecular complexity index is 256. The van der Waals surface area contributed by atoms with Gasteiger partial charge in [-0.25, -0.2) is 0 Å². The molecular weight excluding hydrogens is 188 g/mol. The summed E-state index contributed by atoms with van der Waals surface area (Å²) in [5, 5.41) is 1.67. The van der Waals surface area contributed by atoms with Gasteiger partial charge in [-0.1, -0.05) is 68.1 Å². The highest BCUT2D eigenvalue weighted by atomic mass is 29.2. The maximum absolute atomic E-state index is 2.55. The van der Waals surface area contributed by atoms with Gasteiger partial charge < -0.3 is 0 Å². The minimum Gasteiger partial charge on any atom is -0.0737 e. The summed E-state index contributed by atoms with van der Waals surface area (Å²) in [5.41, 5.74) is 0. The summed E-state index contributed by atoms with van der Waals surface area (Å²) in [4.78, 5) is 0. The zero-order chi connectivity index (χ0) is 9.90. The van der Waals surface area contributed by atoms with Crippen molar-refractivity contribution >= 4 is 21.1 Å². The molecule has 0 nitrogen and oxygen atoms in total. The Labute approximate surface area is 84.4 Å². The Morgan fingerprint density at radius 3 is 2.08 bits per heavy atom. The van der Waals surface area contributed by atoms with Gasteiger partial charge in [0.15, 0.2) is 0 Å². The van der Waals surface area contributed by atoms with E-state index in [2.05, 4.69) is 56.9 Å². The van der Waals surface area contributed by atoms with Crippen molar-refractivity contribution in [3.63, 3.8) is 0 Å². The van der Waals surface area contributed by atoms with E-state index in [1.165, 1.54) is 6.04 Å². The number of rotatable bonds is 3. The lowest BCUT2D eigenvalue weighted by molar-refractivity contribution is 1.40. The van der Waals surface area contributed by atoms with Gasteiger partial charge in [0.05, 0.1) is 7.59 Å². The van der Waals surface area contributed by atoms with Gasteiger partial charge in [-0.15, -0.1) is 0 Å². The molecule has 0 amide bonds. The molecule has 1 atom stereocenters. The van der Waals surface area contributed by atoms with Crippen molar-refractivity contribution < 1.29 is 0 Å². The summed E-state index contributed by atoms with van der Waals surface area (Å²) >= 11 is 0. The van der Waals surface area contributed by atoms with E-state index in [-0.39, 0.29) is 0 Å². The highest BCUT2D eigenvalue weighted by Gasteiger charge is 2.31. The molecule has 1 unspecified atom stereocenters. The van der Waals surface area contributed by atoms with Gasteiger partial charge in [0.1, 0.15) is 0 Å². The third-order valence-corrected chi connectivity index (χ3v) is 19.0. The predicted molar refractivity (Wildman–Crippen MR) is 67.1 cm³/mol. The average molecular weight is 208 g/mol. The largest absolute Gasteiger partial charge is 0.0737 e. The van der Waals surface area contributed by atoms with Gasteiger partial charge in [-0.3, -0.25) is 0 Å². The first-order valence-electron chi connectivity index (χ1n) is 5.16. The van der Waals surface area contributed by atoms with Crippen molar-refractivity contribution in [2.75, 3.05) is 0 Å². The summed E-state index contributed by atoms with van der Waals surface area (Å²) in [6, 6.07) is 12.6. The summed E-state index contributed by atoms with van der Waals surface area (Å²) in [7, 11) is -1.53. The lowest BCUT2D eigenvalue weighted by Crippen LogP contribution is -2.55. The molecule has 0 fully saturated rings. The van der Waals surface area contributed by atoms with Crippen molar-refractivity contribution in [1.29, 1.82) is 0 Å². The maximum Gasteiger partial charge on any atom is 0.0728 e. The number of hydrogen-bond acceptors (Lipinski definition) is 0. The van der Waals surface area contributed by atoms with Crippen LogP contribution in [0.4, 0.5) is 0 Å². The molecule has 0 saturated heterocycles. The first kappa shape index (κ1) is 10.7. The second kappa shape index (κ2) is 4.24. The molecule has 2 heteroatoms. The minimum atomic E-state index is -1.04.